The van der Waals surface area contributed by atoms with E-state index in [1.807, 2.05) is 0 Å². The number of nitrogens with zero attached hydrogens (tertiary/aromatic N) is 5. The highest BCUT2D eigenvalue weighted by Gasteiger charge is 2.60. The summed E-state index contributed by atoms with van der Waals surface area (Å²) >= 11 is 0. The number of nitrogens with one attached hydrogen (secondary N) is 4. The molecule has 3 aromatic carbocycles. The van der Waals surface area contributed by atoms with Gasteiger partial charge in [-0.05, 0) is 73.8 Å². The van der Waals surface area contributed by atoms with Crippen LogP contribution in [0.1, 0.15) is 122 Å². The zero-order valence-electron chi connectivity index (χ0n) is 80.1. The Hall–Kier alpha value is -9.52. The van der Waals surface area contributed by atoms with E-state index in [9.17, 15) is 130 Å². The van der Waals surface area contributed by atoms with Crippen molar-refractivity contribution in [2.24, 2.45) is 29.4 Å². The normalized spacial score (nSPS) is 32.8. The highest BCUT2D eigenvalue weighted by Crippen LogP contribution is 2.45. The van der Waals surface area contributed by atoms with Crippen LogP contribution in [0, 0.1) is 23.7 Å². The Morgan fingerprint density at radius 1 is 0.469 bits per heavy atom. The van der Waals surface area contributed by atoms with E-state index in [1.165, 1.54) is 21.7 Å². The zero-order chi connectivity index (χ0) is 105. The first-order valence-electron chi connectivity index (χ1n) is 48.6. The molecule has 22 fully saturated rings. The molecule has 50 heteroatoms. The fourth-order valence-corrected chi connectivity index (χ4v) is 19.0. The van der Waals surface area contributed by atoms with Crippen LogP contribution in [0.25, 0.3) is 22.5 Å². The molecule has 22 saturated heterocycles. The van der Waals surface area contributed by atoms with Gasteiger partial charge in [0.25, 0.3) is 11.8 Å². The van der Waals surface area contributed by atoms with Crippen molar-refractivity contribution in [2.45, 2.75) is 321 Å². The minimum absolute atomic E-state index is 0.00699. The summed E-state index contributed by atoms with van der Waals surface area (Å²) < 4.78 is 78.6. The number of hydrogen-bond acceptors (Lipinski definition) is 42. The first kappa shape index (κ1) is 113. The number of aliphatic hydroxyl groups excluding tert-OH is 17. The number of fused-ring (bicyclic) bond motifs is 5. The molecule has 802 valence electrons. The number of aromatic nitrogens is 3. The third kappa shape index (κ3) is 27.0. The Kier molecular flexibility index (Phi) is 40.1. The Morgan fingerprint density at radius 2 is 0.910 bits per heavy atom. The lowest BCUT2D eigenvalue weighted by Gasteiger charge is -2.50. The molecular formula is C95H132N10O40. The van der Waals surface area contributed by atoms with Crippen LogP contribution in [0.15, 0.2) is 84.9 Å². The molecule has 145 heavy (non-hydrogen) atoms. The molecule has 0 radical (unpaired) electrons. The van der Waals surface area contributed by atoms with Gasteiger partial charge >= 0.3 is 12.0 Å². The van der Waals surface area contributed by atoms with Gasteiger partial charge < -0.3 is 180 Å². The number of aliphatic hydroxyl groups is 17. The number of benzene rings is 3. The molecular weight excluding hydrogens is 1920 g/mol. The number of unbranched alkanes of at least 4 members (excludes halogenated alkanes) is 3. The first-order valence-corrected chi connectivity index (χ1v) is 48.6. The van der Waals surface area contributed by atoms with Crippen LogP contribution < -0.4 is 31.9 Å². The molecule has 25 heterocycles. The van der Waals surface area contributed by atoms with Gasteiger partial charge in [0.2, 0.25) is 23.6 Å². The van der Waals surface area contributed by atoms with E-state index < -0.39 is 307 Å². The second-order valence-corrected chi connectivity index (χ2v) is 38.0. The number of carbonyl (C=O) groups is 10. The van der Waals surface area contributed by atoms with Gasteiger partial charge in [0, 0.05) is 92.5 Å². The number of para-hydroxylation sites is 1. The van der Waals surface area contributed by atoms with Crippen molar-refractivity contribution in [1.29, 1.82) is 0 Å². The lowest BCUT2D eigenvalue weighted by atomic mass is 9.88. The molecule has 30 unspecified atom stereocenters. The van der Waals surface area contributed by atoms with E-state index in [0.717, 1.165) is 4.90 Å². The van der Waals surface area contributed by atoms with Crippen molar-refractivity contribution in [1.82, 2.24) is 35.8 Å². The van der Waals surface area contributed by atoms with Gasteiger partial charge in [0.05, 0.1) is 69.5 Å². The van der Waals surface area contributed by atoms with Crippen LogP contribution in [0.5, 0.6) is 0 Å². The predicted molar refractivity (Wildman–Crippen MR) is 491 cm³/mol. The zero-order valence-corrected chi connectivity index (χ0v) is 80.1. The molecule has 12 bridgehead atoms. The second kappa shape index (κ2) is 51.6. The number of rotatable bonds is 38. The minimum atomic E-state index is -2.35. The number of ether oxygens (including phenoxy) is 13. The first-order chi connectivity index (χ1) is 69.3. The minimum Gasteiger partial charge on any atom is -0.461 e. The number of carbonyl (C=O) groups excluding carboxylic acids is 10. The van der Waals surface area contributed by atoms with E-state index in [-0.39, 0.29) is 125 Å². The Labute approximate surface area is 831 Å². The van der Waals surface area contributed by atoms with Crippen LogP contribution in [0.2, 0.25) is 0 Å². The second-order valence-electron chi connectivity index (χ2n) is 38.0. The number of imide groups is 1. The number of amides is 8. The molecule has 0 aliphatic carbocycles. The maximum atomic E-state index is 15.1. The molecule has 24 aliphatic rings. The number of nitrogens with two attached hydrogens (primary N) is 1. The Morgan fingerprint density at radius 3 is 1.38 bits per heavy atom. The molecule has 8 amide bonds. The van der Waals surface area contributed by atoms with E-state index in [2.05, 4.69) is 31.6 Å². The lowest BCUT2D eigenvalue weighted by Crippen LogP contribution is -2.69. The molecule has 23 N–H and O–H groups in total. The van der Waals surface area contributed by atoms with Crippen molar-refractivity contribution in [3.63, 3.8) is 0 Å². The van der Waals surface area contributed by atoms with Crippen molar-refractivity contribution in [3.05, 3.63) is 96.1 Å². The largest absolute Gasteiger partial charge is 0.461 e. The van der Waals surface area contributed by atoms with Crippen LogP contribution in [-0.2, 0) is 124 Å². The van der Waals surface area contributed by atoms with Gasteiger partial charge in [-0.2, -0.15) is 0 Å². The molecule has 24 aliphatic heterocycles. The molecule has 50 nitrogen and oxygen atoms in total. The number of ketones is 2. The number of primary amides is 1. The predicted octanol–water partition coefficient (Wildman–Crippen LogP) is -5.94. The highest BCUT2D eigenvalue weighted by molar-refractivity contribution is 6.13. The number of hydrogen-bond donors (Lipinski definition) is 22. The summed E-state index contributed by atoms with van der Waals surface area (Å²) in [6.07, 6.45) is -59.5. The maximum Gasteiger partial charge on any atom is 0.312 e. The summed E-state index contributed by atoms with van der Waals surface area (Å²) in [5, 5.41) is 217. The molecule has 1 aromatic heterocycles. The Balaban J connectivity index is 0.715. The molecule has 0 saturated carbocycles. The van der Waals surface area contributed by atoms with E-state index in [1.54, 1.807) is 100 Å². The van der Waals surface area contributed by atoms with Crippen LogP contribution >= 0.6 is 0 Å². The molecule has 4 aromatic rings. The topological polar surface area (TPSA) is 746 Å². The highest BCUT2D eigenvalue weighted by atomic mass is 16.8. The van der Waals surface area contributed by atoms with Gasteiger partial charge in [-0.25, -0.2) is 9.48 Å². The summed E-state index contributed by atoms with van der Waals surface area (Å²) in [6, 6.07) is 17.8. The molecule has 33 atom stereocenters. The summed E-state index contributed by atoms with van der Waals surface area (Å²) in [7, 11) is 0. The number of urea groups is 1. The SMILES string of the molecule is CC(C)C(=O)OCc1ccc(NC(=O)[C@H](CCCNC(N)=O)CC(=O)[C@@H](NC(=O)[C@@H](CCCCNC(=O)CCC(=O)N2Cc3ccccc3-c3nnn(CC4OC5OC6C(CO)OC(OC7C(CO)OC(OC8C(CO)OC(OC9C(CO)OC(OC%10C(CO)OC(OC4C(O)C5O)C(O)C%10O)C(O)C9O)C(O)C8O)C(O)C7O)C(O)C6O)c3-c3ccccc32)CC(=O)CCCCCN2C(=O)C=CC2=O)C(C)C)cc1. The van der Waals surface area contributed by atoms with Gasteiger partial charge in [-0.3, -0.25) is 48.1 Å². The summed E-state index contributed by atoms with van der Waals surface area (Å²) in [6.45, 7) is 0.793. The summed E-state index contributed by atoms with van der Waals surface area (Å²) in [4.78, 5) is 137. The van der Waals surface area contributed by atoms with E-state index in [4.69, 9.17) is 67.3 Å². The maximum absolute atomic E-state index is 15.1. The van der Waals surface area contributed by atoms with Gasteiger partial charge in [-0.15, -0.1) is 5.10 Å². The van der Waals surface area contributed by atoms with Crippen molar-refractivity contribution >= 4 is 70.4 Å². The quantitative estimate of drug-likeness (QED) is 0.0113. The van der Waals surface area contributed by atoms with E-state index >= 15 is 4.79 Å². The number of anilines is 2. The monoisotopic (exact) mass is 2050 g/mol. The summed E-state index contributed by atoms with van der Waals surface area (Å²) in [5.41, 5.74) is 8.04. The third-order valence-corrected chi connectivity index (χ3v) is 27.1. The van der Waals surface area contributed by atoms with Crippen molar-refractivity contribution in [3.8, 4) is 22.5 Å². The third-order valence-electron chi connectivity index (χ3n) is 27.1. The van der Waals surface area contributed by atoms with Crippen LogP contribution in [0.3, 0.4) is 0 Å². The lowest BCUT2D eigenvalue weighted by molar-refractivity contribution is -0.403. The van der Waals surface area contributed by atoms with E-state index in [0.29, 0.717) is 41.6 Å². The average molecular weight is 2050 g/mol. The van der Waals surface area contributed by atoms with Crippen LogP contribution in [-0.4, -0.2) is 409 Å². The molecule has 28 rings (SSSR count). The Bertz CT molecular complexity index is 5030. The average Bonchev–Trinajstić information content (AvgIpc) is 1.67. The van der Waals surface area contributed by atoms with Crippen LogP contribution in [0.4, 0.5) is 16.2 Å². The number of Topliss-reactive ketones (excluding diaryl/α,β-unsaturated/α-hetero) is 2. The number of esters is 1. The standard InChI is InChI=1S/C95H132N10O40/c1-43(2)65(54(112)34-47(17-14-31-98-95(96)132)86(129)99-49-24-22-45(23-25-49)42-133-88(131)44(3)4)100-87(130)46(33-50(111)18-6-5-13-32-103-62(114)28-29-63(103)115)15-11-12-30-97-61(113)26-27-64(116)104-35-48-16-7-8-19-51(48)66-67(52-20-9-10-21-53(52)104)105(102-101-66)36-55-80-68(117)74(123)89(134-55)141-81-56(37-106)136-91(76(125)70(81)119)143-83-58(39-108)138-93(78(127)72(83)121)145-85-60(41-110)139-94(79(128)73(85)122)144-84-59(40-109)137-92(77(126)71(84)120)142-82-57(38-107)135-90(140-80)75(124)69(82)118/h7-10,16,19-25,28-29,43-44,46-47,55-60,65,68-85,89-94,106-110,117-128H,5-6,11-15,17-18,26-27,30-42H2,1-4H3,(H,97,113)(H,99,129)(H,100,130)(H3,96,98,132)/t46-,47+,55?,56?,57?,58?,59?,60?,65-,68?,69?,70?,71?,72?,73?,74?,75?,76?,77?,78?,79?,80?,81?,82?,83?,84?,85?,89?,90?,91?,92?,93?,94?/m0/s1. The molecule has 0 spiro atoms. The fraction of sp³-hybridized carbons (Fsp3) is 0.663. The van der Waals surface area contributed by atoms with Gasteiger partial charge in [-0.1, -0.05) is 100 Å². The van der Waals surface area contributed by atoms with Gasteiger partial charge in [0.15, 0.2) is 43.5 Å². The van der Waals surface area contributed by atoms with Crippen molar-refractivity contribution in [2.75, 3.05) is 62.9 Å². The summed E-state index contributed by atoms with van der Waals surface area (Å²) in [5.74, 6) is -7.25. The van der Waals surface area contributed by atoms with Crippen molar-refractivity contribution < 1.29 is 196 Å². The fourth-order valence-electron chi connectivity index (χ4n) is 19.0. The van der Waals surface area contributed by atoms with Gasteiger partial charge in [0.1, 0.15) is 165 Å². The smallest absolute Gasteiger partial charge is 0.312 e.